The summed E-state index contributed by atoms with van der Waals surface area (Å²) in [6, 6.07) is 21.9. The fourth-order valence-corrected chi connectivity index (χ4v) is 3.43. The van der Waals surface area contributed by atoms with Crippen LogP contribution in [0.3, 0.4) is 0 Å². The molecule has 0 heterocycles. The molecule has 0 aliphatic heterocycles. The molecule has 0 amide bonds. The Morgan fingerprint density at radius 3 is 1.65 bits per heavy atom. The van der Waals surface area contributed by atoms with Gasteiger partial charge in [0.05, 0.1) is 0 Å². The van der Waals surface area contributed by atoms with E-state index >= 15 is 0 Å². The van der Waals surface area contributed by atoms with Crippen molar-refractivity contribution in [2.24, 2.45) is 0 Å². The molecule has 1 unspecified atom stereocenters. The van der Waals surface area contributed by atoms with Crippen molar-refractivity contribution in [2.45, 2.75) is 6.92 Å². The summed E-state index contributed by atoms with van der Waals surface area (Å²) < 4.78 is 0. The van der Waals surface area contributed by atoms with Gasteiger partial charge in [-0.25, -0.2) is 0 Å². The zero-order chi connectivity index (χ0) is 13.7. The maximum absolute atomic E-state index is 2.85. The second kappa shape index (κ2) is 4.30. The molecule has 0 bridgehead atoms. The quantitative estimate of drug-likeness (QED) is 0.314. The predicted octanol–water partition coefficient (Wildman–Crippen LogP) is 4.96. The van der Waals surface area contributed by atoms with E-state index in [1.54, 1.807) is 0 Å². The lowest BCUT2D eigenvalue weighted by molar-refractivity contribution is 1.60. The van der Waals surface area contributed by atoms with Crippen LogP contribution in [0.4, 0.5) is 0 Å². The van der Waals surface area contributed by atoms with E-state index in [-0.39, 0.29) is 0 Å². The fraction of sp³-hybridized carbons (Fsp3) is 0.0526. The van der Waals surface area contributed by atoms with E-state index in [9.17, 15) is 0 Å². The molecule has 0 spiro atoms. The molecular formula is C19H15P. The van der Waals surface area contributed by atoms with Crippen molar-refractivity contribution in [3.05, 3.63) is 66.2 Å². The van der Waals surface area contributed by atoms with Crippen molar-refractivity contribution in [1.82, 2.24) is 0 Å². The minimum absolute atomic E-state index is 1.28. The highest BCUT2D eigenvalue weighted by molar-refractivity contribution is 7.27. The highest BCUT2D eigenvalue weighted by atomic mass is 31.0. The largest absolute Gasteiger partial charge is 0.105 e. The number of aryl methyl sites for hydroxylation is 1. The number of rotatable bonds is 0. The van der Waals surface area contributed by atoms with Gasteiger partial charge in [0.25, 0.3) is 0 Å². The molecule has 20 heavy (non-hydrogen) atoms. The van der Waals surface area contributed by atoms with E-state index in [4.69, 9.17) is 0 Å². The molecule has 0 aliphatic rings. The predicted molar refractivity (Wildman–Crippen MR) is 93.0 cm³/mol. The van der Waals surface area contributed by atoms with Gasteiger partial charge in [-0.1, -0.05) is 60.7 Å². The normalized spacial score (nSPS) is 11.5. The molecule has 0 N–H and O–H groups in total. The first-order valence-electron chi connectivity index (χ1n) is 6.85. The second-order valence-electron chi connectivity index (χ2n) is 5.29. The summed E-state index contributed by atoms with van der Waals surface area (Å²) in [6.07, 6.45) is 0. The maximum Gasteiger partial charge on any atom is -0.00635 e. The van der Waals surface area contributed by atoms with E-state index in [0.717, 1.165) is 0 Å². The Kier molecular flexibility index (Phi) is 2.55. The van der Waals surface area contributed by atoms with Crippen LogP contribution in [0.5, 0.6) is 0 Å². The van der Waals surface area contributed by atoms with Crippen molar-refractivity contribution in [2.75, 3.05) is 0 Å². The number of benzene rings is 4. The Morgan fingerprint density at radius 1 is 0.600 bits per heavy atom. The van der Waals surface area contributed by atoms with Crippen LogP contribution in [-0.4, -0.2) is 0 Å². The molecular weight excluding hydrogens is 259 g/mol. The van der Waals surface area contributed by atoms with E-state index in [0.29, 0.717) is 0 Å². The van der Waals surface area contributed by atoms with Gasteiger partial charge < -0.3 is 0 Å². The van der Waals surface area contributed by atoms with Gasteiger partial charge in [-0.2, -0.15) is 0 Å². The monoisotopic (exact) mass is 274 g/mol. The summed E-state index contributed by atoms with van der Waals surface area (Å²) in [4.78, 5) is 0. The van der Waals surface area contributed by atoms with Gasteiger partial charge in [0.15, 0.2) is 0 Å². The first-order chi connectivity index (χ1) is 9.77. The van der Waals surface area contributed by atoms with Gasteiger partial charge >= 0.3 is 0 Å². The van der Waals surface area contributed by atoms with Gasteiger partial charge in [-0.15, -0.1) is 9.24 Å². The van der Waals surface area contributed by atoms with Gasteiger partial charge in [0, 0.05) is 0 Å². The molecule has 1 heteroatoms. The van der Waals surface area contributed by atoms with Gasteiger partial charge in [0.1, 0.15) is 0 Å². The van der Waals surface area contributed by atoms with Crippen LogP contribution in [0.25, 0.3) is 32.3 Å². The summed E-state index contributed by atoms with van der Waals surface area (Å²) in [5, 5.41) is 9.38. The minimum Gasteiger partial charge on any atom is -0.105 e. The van der Waals surface area contributed by atoms with Crippen molar-refractivity contribution in [3.8, 4) is 0 Å². The summed E-state index contributed by atoms with van der Waals surface area (Å²) in [6.45, 7) is 2.21. The Morgan fingerprint density at radius 2 is 1.05 bits per heavy atom. The molecule has 1 atom stereocenters. The lowest BCUT2D eigenvalue weighted by atomic mass is 9.92. The molecule has 0 aromatic heterocycles. The van der Waals surface area contributed by atoms with Gasteiger partial charge in [-0.05, 0) is 50.1 Å². The molecule has 0 nitrogen and oxygen atoms in total. The Hall–Kier alpha value is -1.91. The molecule has 0 radical (unpaired) electrons. The average molecular weight is 274 g/mol. The third kappa shape index (κ3) is 1.52. The van der Waals surface area contributed by atoms with E-state index in [2.05, 4.69) is 76.8 Å². The molecule has 0 fully saturated rings. The fourth-order valence-electron chi connectivity index (χ4n) is 3.19. The number of hydrogen-bond donors (Lipinski definition) is 0. The number of hydrogen-bond acceptors (Lipinski definition) is 0. The van der Waals surface area contributed by atoms with E-state index in [1.807, 2.05) is 0 Å². The summed E-state index contributed by atoms with van der Waals surface area (Å²) in [5.41, 5.74) is 1.36. The van der Waals surface area contributed by atoms with Crippen molar-refractivity contribution >= 4 is 46.9 Å². The van der Waals surface area contributed by atoms with E-state index < -0.39 is 0 Å². The lowest BCUT2D eigenvalue weighted by Crippen LogP contribution is -1.98. The number of fused-ring (bicyclic) bond motifs is 6. The minimum atomic E-state index is 1.28. The van der Waals surface area contributed by atoms with Crippen LogP contribution in [0, 0.1) is 6.92 Å². The molecule has 4 aromatic rings. The van der Waals surface area contributed by atoms with Crippen LogP contribution >= 0.6 is 9.24 Å². The Labute approximate surface area is 120 Å². The Balaban J connectivity index is 2.46. The van der Waals surface area contributed by atoms with Crippen LogP contribution in [0.1, 0.15) is 5.56 Å². The third-order valence-electron chi connectivity index (χ3n) is 4.21. The average Bonchev–Trinajstić information content (AvgIpc) is 2.50. The highest BCUT2D eigenvalue weighted by Gasteiger charge is 2.10. The van der Waals surface area contributed by atoms with E-state index in [1.165, 1.54) is 43.2 Å². The first-order valence-corrected chi connectivity index (χ1v) is 7.43. The lowest BCUT2D eigenvalue weighted by Gasteiger charge is -2.13. The van der Waals surface area contributed by atoms with Gasteiger partial charge in [0.2, 0.25) is 0 Å². The maximum atomic E-state index is 2.85. The van der Waals surface area contributed by atoms with Crippen molar-refractivity contribution < 1.29 is 0 Å². The molecule has 4 aromatic carbocycles. The topological polar surface area (TPSA) is 0 Å². The molecule has 0 aliphatic carbocycles. The van der Waals surface area contributed by atoms with Crippen LogP contribution < -0.4 is 5.30 Å². The molecule has 0 saturated carbocycles. The Bertz CT molecular complexity index is 932. The van der Waals surface area contributed by atoms with Crippen molar-refractivity contribution in [1.29, 1.82) is 0 Å². The van der Waals surface area contributed by atoms with Crippen LogP contribution in [-0.2, 0) is 0 Å². The summed E-state index contributed by atoms with van der Waals surface area (Å²) in [7, 11) is 2.85. The standard InChI is InChI=1S/C19H15P/c1-12-18(20)11-10-17-15-8-3-2-6-13(15)14-7-4-5-9-16(14)19(12)17/h2-11H,20H2,1H3. The van der Waals surface area contributed by atoms with Crippen LogP contribution in [0.2, 0.25) is 0 Å². The third-order valence-corrected chi connectivity index (χ3v) is 4.84. The molecule has 96 valence electrons. The first kappa shape index (κ1) is 11.9. The molecule has 0 saturated heterocycles. The smallest absolute Gasteiger partial charge is 0.00635 e. The summed E-state index contributed by atoms with van der Waals surface area (Å²) >= 11 is 0. The second-order valence-corrected chi connectivity index (χ2v) is 5.92. The molecule has 4 rings (SSSR count). The zero-order valence-electron chi connectivity index (χ0n) is 11.4. The van der Waals surface area contributed by atoms with Crippen LogP contribution in [0.15, 0.2) is 60.7 Å². The van der Waals surface area contributed by atoms with Gasteiger partial charge in [-0.3, -0.25) is 0 Å². The SMILES string of the molecule is Cc1c(P)ccc2c3ccccc3c3ccccc3c12. The zero-order valence-corrected chi connectivity index (χ0v) is 12.5. The summed E-state index contributed by atoms with van der Waals surface area (Å²) in [5.74, 6) is 0. The highest BCUT2D eigenvalue weighted by Crippen LogP contribution is 2.36. The van der Waals surface area contributed by atoms with Crippen molar-refractivity contribution in [3.63, 3.8) is 0 Å².